The van der Waals surface area contributed by atoms with Gasteiger partial charge in [-0.3, -0.25) is 0 Å². The van der Waals surface area contributed by atoms with Gasteiger partial charge in [0.05, 0.1) is 18.5 Å². The predicted molar refractivity (Wildman–Crippen MR) is 68.3 cm³/mol. The van der Waals surface area contributed by atoms with Gasteiger partial charge in [0.1, 0.15) is 11.3 Å². The minimum Gasteiger partial charge on any atom is -0.380 e. The van der Waals surface area contributed by atoms with Crippen molar-refractivity contribution in [2.24, 2.45) is 0 Å². The molecule has 0 radical (unpaired) electrons. The molecule has 92 valence electrons. The summed E-state index contributed by atoms with van der Waals surface area (Å²) in [4.78, 5) is 8.99. The Balaban J connectivity index is 2.52. The molecule has 0 aliphatic heterocycles. The molecule has 2 rings (SSSR count). The van der Waals surface area contributed by atoms with Crippen molar-refractivity contribution in [1.82, 2.24) is 14.5 Å². The largest absolute Gasteiger partial charge is 0.380 e. The number of rotatable bonds is 4. The highest BCUT2D eigenvalue weighted by Gasteiger charge is 2.13. The molecule has 0 amide bonds. The lowest BCUT2D eigenvalue weighted by Crippen LogP contribution is -2.16. The average molecular weight is 254 g/mol. The van der Waals surface area contributed by atoms with Gasteiger partial charge >= 0.3 is 0 Å². The third-order valence-electron chi connectivity index (χ3n) is 2.77. The third kappa shape index (κ3) is 2.42. The van der Waals surface area contributed by atoms with Crippen LogP contribution in [-0.4, -0.2) is 27.7 Å². The SMILES string of the molecule is COC(C)Cn1c(CCl)nc2ccc(C)nc21. The van der Waals surface area contributed by atoms with Gasteiger partial charge in [-0.25, -0.2) is 9.97 Å². The van der Waals surface area contributed by atoms with Crippen molar-refractivity contribution in [3.8, 4) is 0 Å². The van der Waals surface area contributed by atoms with Gasteiger partial charge in [-0.1, -0.05) is 0 Å². The second kappa shape index (κ2) is 5.02. The number of alkyl halides is 1. The Labute approximate surface area is 106 Å². The summed E-state index contributed by atoms with van der Waals surface area (Å²) in [5, 5.41) is 0. The summed E-state index contributed by atoms with van der Waals surface area (Å²) >= 11 is 5.92. The molecule has 0 bridgehead atoms. The standard InChI is InChI=1S/C12H16ClN3O/c1-8-4-5-10-12(14-8)16(7-9(2)17-3)11(6-13)15-10/h4-5,9H,6-7H2,1-3H3. The van der Waals surface area contributed by atoms with E-state index >= 15 is 0 Å². The summed E-state index contributed by atoms with van der Waals surface area (Å²) in [5.74, 6) is 1.22. The molecule has 0 aliphatic rings. The van der Waals surface area contributed by atoms with Crippen LogP contribution in [0.15, 0.2) is 12.1 Å². The molecule has 4 nitrogen and oxygen atoms in total. The first-order valence-electron chi connectivity index (χ1n) is 5.57. The summed E-state index contributed by atoms with van der Waals surface area (Å²) in [6.07, 6.45) is 0.108. The molecule has 0 aromatic carbocycles. The van der Waals surface area contributed by atoms with Crippen LogP contribution in [-0.2, 0) is 17.2 Å². The number of aromatic nitrogens is 3. The van der Waals surface area contributed by atoms with E-state index < -0.39 is 0 Å². The maximum atomic E-state index is 5.92. The molecule has 2 aromatic rings. The summed E-state index contributed by atoms with van der Waals surface area (Å²) in [7, 11) is 1.70. The maximum absolute atomic E-state index is 5.92. The van der Waals surface area contributed by atoms with Gasteiger partial charge in [0.2, 0.25) is 0 Å². The number of hydrogen-bond donors (Lipinski definition) is 0. The van der Waals surface area contributed by atoms with Crippen molar-refractivity contribution >= 4 is 22.8 Å². The first kappa shape index (κ1) is 12.3. The molecule has 0 aliphatic carbocycles. The molecule has 0 saturated heterocycles. The molecule has 1 atom stereocenters. The molecule has 2 heterocycles. The first-order chi connectivity index (χ1) is 8.15. The van der Waals surface area contributed by atoms with Gasteiger partial charge in [-0.2, -0.15) is 0 Å². The van der Waals surface area contributed by atoms with Crippen molar-refractivity contribution in [3.63, 3.8) is 0 Å². The smallest absolute Gasteiger partial charge is 0.160 e. The zero-order valence-electron chi connectivity index (χ0n) is 10.3. The van der Waals surface area contributed by atoms with Crippen molar-refractivity contribution in [2.75, 3.05) is 7.11 Å². The van der Waals surface area contributed by atoms with E-state index in [-0.39, 0.29) is 6.10 Å². The number of fused-ring (bicyclic) bond motifs is 1. The molecular formula is C12H16ClN3O. The van der Waals surface area contributed by atoms with Crippen LogP contribution in [0.3, 0.4) is 0 Å². The number of ether oxygens (including phenoxy) is 1. The summed E-state index contributed by atoms with van der Waals surface area (Å²) in [5.41, 5.74) is 2.74. The van der Waals surface area contributed by atoms with E-state index in [4.69, 9.17) is 16.3 Å². The number of methoxy groups -OCH3 is 1. The van der Waals surface area contributed by atoms with Gasteiger partial charge < -0.3 is 9.30 Å². The summed E-state index contributed by atoms with van der Waals surface area (Å²) in [6.45, 7) is 4.70. The zero-order valence-corrected chi connectivity index (χ0v) is 11.0. The van der Waals surface area contributed by atoms with Crippen molar-refractivity contribution < 1.29 is 4.74 Å². The zero-order chi connectivity index (χ0) is 12.4. The molecule has 0 spiro atoms. The van der Waals surface area contributed by atoms with Crippen LogP contribution >= 0.6 is 11.6 Å². The van der Waals surface area contributed by atoms with Crippen molar-refractivity contribution in [2.45, 2.75) is 32.4 Å². The Morgan fingerprint density at radius 2 is 2.18 bits per heavy atom. The minimum absolute atomic E-state index is 0.108. The number of pyridine rings is 1. The van der Waals surface area contributed by atoms with E-state index in [0.717, 1.165) is 22.7 Å². The lowest BCUT2D eigenvalue weighted by Gasteiger charge is -2.12. The van der Waals surface area contributed by atoms with E-state index in [1.807, 2.05) is 30.5 Å². The Hall–Kier alpha value is -1.13. The highest BCUT2D eigenvalue weighted by Crippen LogP contribution is 2.17. The summed E-state index contributed by atoms with van der Waals surface area (Å²) < 4.78 is 7.31. The van der Waals surface area contributed by atoms with Crippen molar-refractivity contribution in [3.05, 3.63) is 23.7 Å². The van der Waals surface area contributed by atoms with Gasteiger partial charge in [-0.15, -0.1) is 11.6 Å². The molecular weight excluding hydrogens is 238 g/mol. The fraction of sp³-hybridized carbons (Fsp3) is 0.500. The van der Waals surface area contributed by atoms with Gasteiger partial charge in [0.25, 0.3) is 0 Å². The van der Waals surface area contributed by atoms with Crippen LogP contribution in [0.4, 0.5) is 0 Å². The van der Waals surface area contributed by atoms with E-state index in [9.17, 15) is 0 Å². The van der Waals surface area contributed by atoms with E-state index in [1.165, 1.54) is 0 Å². The Morgan fingerprint density at radius 3 is 2.82 bits per heavy atom. The number of imidazole rings is 1. The van der Waals surface area contributed by atoms with Crippen LogP contribution in [0.25, 0.3) is 11.2 Å². The second-order valence-corrected chi connectivity index (χ2v) is 4.38. The van der Waals surface area contributed by atoms with Gasteiger partial charge in [0.15, 0.2) is 5.65 Å². The Morgan fingerprint density at radius 1 is 1.41 bits per heavy atom. The molecule has 17 heavy (non-hydrogen) atoms. The van der Waals surface area contributed by atoms with E-state index in [0.29, 0.717) is 12.4 Å². The van der Waals surface area contributed by atoms with Crippen LogP contribution in [0.1, 0.15) is 18.4 Å². The molecule has 0 N–H and O–H groups in total. The van der Waals surface area contributed by atoms with Crippen LogP contribution in [0.5, 0.6) is 0 Å². The molecule has 2 aromatic heterocycles. The van der Waals surface area contributed by atoms with Crippen LogP contribution in [0, 0.1) is 6.92 Å². The van der Waals surface area contributed by atoms with Gasteiger partial charge in [0, 0.05) is 12.8 Å². The normalized spacial score (nSPS) is 13.2. The lowest BCUT2D eigenvalue weighted by molar-refractivity contribution is 0.103. The second-order valence-electron chi connectivity index (χ2n) is 4.11. The highest BCUT2D eigenvalue weighted by atomic mass is 35.5. The van der Waals surface area contributed by atoms with E-state index in [1.54, 1.807) is 7.11 Å². The van der Waals surface area contributed by atoms with E-state index in [2.05, 4.69) is 9.97 Å². The minimum atomic E-state index is 0.108. The molecule has 0 fully saturated rings. The van der Waals surface area contributed by atoms with Crippen LogP contribution < -0.4 is 0 Å². The Bertz CT molecular complexity index is 524. The van der Waals surface area contributed by atoms with Gasteiger partial charge in [-0.05, 0) is 26.0 Å². The fourth-order valence-corrected chi connectivity index (χ4v) is 1.97. The fourth-order valence-electron chi connectivity index (χ4n) is 1.77. The quantitative estimate of drug-likeness (QED) is 0.786. The third-order valence-corrected chi connectivity index (χ3v) is 3.01. The highest BCUT2D eigenvalue weighted by molar-refractivity contribution is 6.16. The number of hydrogen-bond acceptors (Lipinski definition) is 3. The topological polar surface area (TPSA) is 39.9 Å². The number of nitrogens with zero attached hydrogens (tertiary/aromatic N) is 3. The monoisotopic (exact) mass is 253 g/mol. The first-order valence-corrected chi connectivity index (χ1v) is 6.10. The Kier molecular flexibility index (Phi) is 3.64. The van der Waals surface area contributed by atoms with Crippen molar-refractivity contribution in [1.29, 1.82) is 0 Å². The number of aryl methyl sites for hydroxylation is 1. The predicted octanol–water partition coefficient (Wildman–Crippen LogP) is 2.51. The molecule has 1 unspecified atom stereocenters. The van der Waals surface area contributed by atoms with Crippen LogP contribution in [0.2, 0.25) is 0 Å². The number of halogens is 1. The summed E-state index contributed by atoms with van der Waals surface area (Å²) in [6, 6.07) is 3.93. The molecule has 5 heteroatoms. The lowest BCUT2D eigenvalue weighted by atomic mass is 10.3. The maximum Gasteiger partial charge on any atom is 0.160 e. The average Bonchev–Trinajstić information content (AvgIpc) is 2.67. The molecule has 0 saturated carbocycles.